The van der Waals surface area contributed by atoms with Crippen molar-refractivity contribution in [3.05, 3.63) is 11.6 Å². The van der Waals surface area contributed by atoms with Gasteiger partial charge in [0.05, 0.1) is 6.10 Å². The summed E-state index contributed by atoms with van der Waals surface area (Å²) in [5, 5.41) is 9.22. The van der Waals surface area contributed by atoms with Gasteiger partial charge < -0.3 is 5.11 Å². The average molecular weight is 197 g/mol. The lowest BCUT2D eigenvalue weighted by molar-refractivity contribution is 0.180. The number of hydrogen-bond acceptors (Lipinski definition) is 2. The second-order valence-electron chi connectivity index (χ2n) is 4.60. The molecule has 82 valence electrons. The fraction of sp³-hybridized carbons (Fsp3) is 0.833. The SMILES string of the molecule is CC(O)CCC1=CCCN(C(C)C)C1. The molecule has 0 fully saturated rings. The van der Waals surface area contributed by atoms with Crippen molar-refractivity contribution < 1.29 is 5.11 Å². The van der Waals surface area contributed by atoms with Gasteiger partial charge >= 0.3 is 0 Å². The summed E-state index contributed by atoms with van der Waals surface area (Å²) in [7, 11) is 0. The van der Waals surface area contributed by atoms with Crippen LogP contribution in [-0.2, 0) is 0 Å². The quantitative estimate of drug-likeness (QED) is 0.698. The maximum absolute atomic E-state index is 9.22. The Hall–Kier alpha value is -0.340. The van der Waals surface area contributed by atoms with Gasteiger partial charge in [-0.2, -0.15) is 0 Å². The van der Waals surface area contributed by atoms with Gasteiger partial charge in [-0.05, 0) is 40.0 Å². The lowest BCUT2D eigenvalue weighted by Crippen LogP contribution is -2.35. The highest BCUT2D eigenvalue weighted by atomic mass is 16.3. The van der Waals surface area contributed by atoms with E-state index >= 15 is 0 Å². The standard InChI is InChI=1S/C12H23NO/c1-10(2)13-8-4-5-12(9-13)7-6-11(3)14/h5,10-11,14H,4,6-9H2,1-3H3. The fourth-order valence-corrected chi connectivity index (χ4v) is 1.86. The zero-order valence-corrected chi connectivity index (χ0v) is 9.66. The third-order valence-corrected chi connectivity index (χ3v) is 2.87. The lowest BCUT2D eigenvalue weighted by Gasteiger charge is -2.30. The normalized spacial score (nSPS) is 21.1. The zero-order valence-electron chi connectivity index (χ0n) is 9.66. The first-order valence-electron chi connectivity index (χ1n) is 5.69. The molecule has 0 aromatic heterocycles. The second-order valence-corrected chi connectivity index (χ2v) is 4.60. The summed E-state index contributed by atoms with van der Waals surface area (Å²) < 4.78 is 0. The van der Waals surface area contributed by atoms with Crippen LogP contribution in [0, 0.1) is 0 Å². The van der Waals surface area contributed by atoms with Crippen molar-refractivity contribution in [1.29, 1.82) is 0 Å². The van der Waals surface area contributed by atoms with Crippen molar-refractivity contribution in [2.45, 2.75) is 52.2 Å². The molecule has 0 aromatic rings. The monoisotopic (exact) mass is 197 g/mol. The van der Waals surface area contributed by atoms with E-state index in [4.69, 9.17) is 0 Å². The Morgan fingerprint density at radius 2 is 2.14 bits per heavy atom. The molecular weight excluding hydrogens is 174 g/mol. The van der Waals surface area contributed by atoms with Gasteiger partial charge in [0.1, 0.15) is 0 Å². The molecule has 0 saturated heterocycles. The van der Waals surface area contributed by atoms with Crippen LogP contribution in [0.1, 0.15) is 40.0 Å². The molecule has 1 atom stereocenters. The summed E-state index contributed by atoms with van der Waals surface area (Å²) in [4.78, 5) is 2.50. The first-order valence-corrected chi connectivity index (χ1v) is 5.69. The van der Waals surface area contributed by atoms with E-state index in [1.54, 1.807) is 0 Å². The van der Waals surface area contributed by atoms with E-state index in [1.165, 1.54) is 18.5 Å². The van der Waals surface area contributed by atoms with Crippen LogP contribution in [0.2, 0.25) is 0 Å². The van der Waals surface area contributed by atoms with Gasteiger partial charge in [-0.1, -0.05) is 11.6 Å². The van der Waals surface area contributed by atoms with Gasteiger partial charge in [-0.25, -0.2) is 0 Å². The Bertz CT molecular complexity index is 196. The van der Waals surface area contributed by atoms with Crippen molar-refractivity contribution in [2.24, 2.45) is 0 Å². The molecule has 14 heavy (non-hydrogen) atoms. The van der Waals surface area contributed by atoms with Crippen molar-refractivity contribution in [1.82, 2.24) is 4.90 Å². The highest BCUT2D eigenvalue weighted by Crippen LogP contribution is 2.17. The molecule has 1 rings (SSSR count). The van der Waals surface area contributed by atoms with Crippen LogP contribution in [0.5, 0.6) is 0 Å². The van der Waals surface area contributed by atoms with Crippen molar-refractivity contribution in [3.8, 4) is 0 Å². The Kier molecular flexibility index (Phi) is 4.63. The Labute approximate surface area is 87.6 Å². The van der Waals surface area contributed by atoms with Crippen molar-refractivity contribution in [2.75, 3.05) is 13.1 Å². The summed E-state index contributed by atoms with van der Waals surface area (Å²) in [5.41, 5.74) is 1.51. The summed E-state index contributed by atoms with van der Waals surface area (Å²) in [6.07, 6.45) is 5.32. The predicted octanol–water partition coefficient (Wildman–Crippen LogP) is 2.19. The topological polar surface area (TPSA) is 23.5 Å². The molecule has 0 radical (unpaired) electrons. The highest BCUT2D eigenvalue weighted by Gasteiger charge is 2.14. The van der Waals surface area contributed by atoms with Gasteiger partial charge in [0, 0.05) is 19.1 Å². The minimum absolute atomic E-state index is 0.162. The Morgan fingerprint density at radius 1 is 1.43 bits per heavy atom. The minimum Gasteiger partial charge on any atom is -0.393 e. The largest absolute Gasteiger partial charge is 0.393 e. The molecule has 2 nitrogen and oxygen atoms in total. The molecule has 0 amide bonds. The van der Waals surface area contributed by atoms with Crippen LogP contribution >= 0.6 is 0 Å². The molecule has 1 aliphatic rings. The minimum atomic E-state index is -0.162. The number of rotatable bonds is 4. The average Bonchev–Trinajstić information content (AvgIpc) is 2.15. The van der Waals surface area contributed by atoms with Crippen molar-refractivity contribution in [3.63, 3.8) is 0 Å². The van der Waals surface area contributed by atoms with Crippen LogP contribution in [0.4, 0.5) is 0 Å². The first-order chi connectivity index (χ1) is 6.59. The number of hydrogen-bond donors (Lipinski definition) is 1. The third-order valence-electron chi connectivity index (χ3n) is 2.87. The van der Waals surface area contributed by atoms with Gasteiger partial charge in [-0.3, -0.25) is 4.90 Å². The molecule has 0 spiro atoms. The third kappa shape index (κ3) is 3.81. The molecule has 0 aromatic carbocycles. The van der Waals surface area contributed by atoms with E-state index in [2.05, 4.69) is 24.8 Å². The molecular formula is C12H23NO. The summed E-state index contributed by atoms with van der Waals surface area (Å²) in [6, 6.07) is 0.644. The lowest BCUT2D eigenvalue weighted by atomic mass is 10.0. The van der Waals surface area contributed by atoms with Gasteiger partial charge in [0.25, 0.3) is 0 Å². The second kappa shape index (κ2) is 5.52. The Balaban J connectivity index is 2.35. The van der Waals surface area contributed by atoms with E-state index in [1.807, 2.05) is 6.92 Å². The van der Waals surface area contributed by atoms with Gasteiger partial charge in [-0.15, -0.1) is 0 Å². The maximum Gasteiger partial charge on any atom is 0.0515 e. The molecule has 0 saturated carbocycles. The number of aliphatic hydroxyl groups excluding tert-OH is 1. The van der Waals surface area contributed by atoms with Crippen LogP contribution in [0.3, 0.4) is 0 Å². The summed E-state index contributed by atoms with van der Waals surface area (Å²) in [6.45, 7) is 8.65. The van der Waals surface area contributed by atoms with Crippen LogP contribution in [0.15, 0.2) is 11.6 Å². The molecule has 1 N–H and O–H groups in total. The summed E-state index contributed by atoms with van der Waals surface area (Å²) in [5.74, 6) is 0. The molecule has 0 bridgehead atoms. The van der Waals surface area contributed by atoms with Crippen LogP contribution in [-0.4, -0.2) is 35.2 Å². The smallest absolute Gasteiger partial charge is 0.0515 e. The number of nitrogens with zero attached hydrogens (tertiary/aromatic N) is 1. The molecule has 0 aliphatic carbocycles. The molecule has 1 aliphatic heterocycles. The van der Waals surface area contributed by atoms with E-state index in [9.17, 15) is 5.11 Å². The van der Waals surface area contributed by atoms with Gasteiger partial charge in [0.15, 0.2) is 0 Å². The maximum atomic E-state index is 9.22. The summed E-state index contributed by atoms with van der Waals surface area (Å²) >= 11 is 0. The van der Waals surface area contributed by atoms with Crippen molar-refractivity contribution >= 4 is 0 Å². The zero-order chi connectivity index (χ0) is 10.6. The first kappa shape index (κ1) is 11.7. The van der Waals surface area contributed by atoms with E-state index in [-0.39, 0.29) is 6.10 Å². The molecule has 2 heteroatoms. The molecule has 1 heterocycles. The Morgan fingerprint density at radius 3 is 2.71 bits per heavy atom. The van der Waals surface area contributed by atoms with E-state index in [0.717, 1.165) is 19.4 Å². The predicted molar refractivity (Wildman–Crippen MR) is 60.3 cm³/mol. The molecule has 1 unspecified atom stereocenters. The highest BCUT2D eigenvalue weighted by molar-refractivity contribution is 5.08. The van der Waals surface area contributed by atoms with Crippen LogP contribution in [0.25, 0.3) is 0 Å². The van der Waals surface area contributed by atoms with Gasteiger partial charge in [0.2, 0.25) is 0 Å². The van der Waals surface area contributed by atoms with Crippen LogP contribution < -0.4 is 0 Å². The van der Waals surface area contributed by atoms with E-state index < -0.39 is 0 Å². The van der Waals surface area contributed by atoms with E-state index in [0.29, 0.717) is 6.04 Å². The fourth-order valence-electron chi connectivity index (χ4n) is 1.86. The number of aliphatic hydroxyl groups is 1.